The van der Waals surface area contributed by atoms with Gasteiger partial charge in [-0.3, -0.25) is 4.79 Å². The number of anilines is 1. The van der Waals surface area contributed by atoms with Gasteiger partial charge in [0.1, 0.15) is 0 Å². The molecule has 0 radical (unpaired) electrons. The quantitative estimate of drug-likeness (QED) is 0.439. The fraction of sp³-hybridized carbons (Fsp3) is 0.296. The van der Waals surface area contributed by atoms with Crippen molar-refractivity contribution in [3.05, 3.63) is 95.6 Å². The number of hydrogen-bond donors (Lipinski definition) is 2. The van der Waals surface area contributed by atoms with Crippen LogP contribution in [-0.2, 0) is 20.9 Å². The van der Waals surface area contributed by atoms with E-state index in [1.807, 2.05) is 66.7 Å². The van der Waals surface area contributed by atoms with Crippen molar-refractivity contribution in [3.63, 3.8) is 0 Å². The van der Waals surface area contributed by atoms with Crippen LogP contribution in [0.4, 0.5) is 5.69 Å². The zero-order valence-electron chi connectivity index (χ0n) is 18.8. The molecule has 1 amide bonds. The highest BCUT2D eigenvalue weighted by Gasteiger charge is 2.38. The van der Waals surface area contributed by atoms with E-state index < -0.39 is 6.29 Å². The van der Waals surface area contributed by atoms with Gasteiger partial charge in [0, 0.05) is 34.7 Å². The summed E-state index contributed by atoms with van der Waals surface area (Å²) in [6, 6.07) is 25.8. The third-order valence-electron chi connectivity index (χ3n) is 5.76. The SMILES string of the molecule is CC(=O)Nc1cccc([C@H]2O[C@@H](CSc3ccccc3)[C@@H](C)[C@@H](c3ccc(CO)cc3)O2)c1. The Morgan fingerprint density at radius 2 is 1.73 bits per heavy atom. The molecule has 1 aliphatic heterocycles. The van der Waals surface area contributed by atoms with Crippen LogP contribution in [0.25, 0.3) is 0 Å². The molecular weight excluding hydrogens is 434 g/mol. The molecule has 4 rings (SSSR count). The smallest absolute Gasteiger partial charge is 0.221 e. The van der Waals surface area contributed by atoms with Gasteiger partial charge in [-0.15, -0.1) is 11.8 Å². The van der Waals surface area contributed by atoms with Crippen LogP contribution in [-0.4, -0.2) is 22.9 Å². The second-order valence-electron chi connectivity index (χ2n) is 8.25. The summed E-state index contributed by atoms with van der Waals surface area (Å²) in [5, 5.41) is 12.2. The van der Waals surface area contributed by atoms with Crippen LogP contribution in [0.2, 0.25) is 0 Å². The largest absolute Gasteiger partial charge is 0.392 e. The normalized spacial score (nSPS) is 22.6. The predicted molar refractivity (Wildman–Crippen MR) is 131 cm³/mol. The summed E-state index contributed by atoms with van der Waals surface area (Å²) in [4.78, 5) is 12.7. The lowest BCUT2D eigenvalue weighted by Crippen LogP contribution is -2.38. The third-order valence-corrected chi connectivity index (χ3v) is 6.86. The molecule has 0 aliphatic carbocycles. The molecule has 0 bridgehead atoms. The molecule has 0 saturated carbocycles. The molecule has 6 heteroatoms. The van der Waals surface area contributed by atoms with Crippen molar-refractivity contribution >= 4 is 23.4 Å². The summed E-state index contributed by atoms with van der Waals surface area (Å²) in [6.45, 7) is 3.66. The molecule has 33 heavy (non-hydrogen) atoms. The second kappa shape index (κ2) is 11.0. The zero-order chi connectivity index (χ0) is 23.2. The van der Waals surface area contributed by atoms with Crippen LogP contribution >= 0.6 is 11.8 Å². The molecule has 1 heterocycles. The molecule has 3 aromatic carbocycles. The van der Waals surface area contributed by atoms with Gasteiger partial charge in [-0.2, -0.15) is 0 Å². The fourth-order valence-corrected chi connectivity index (χ4v) is 5.06. The number of carbonyl (C=O) groups excluding carboxylic acids is 1. The molecule has 2 N–H and O–H groups in total. The Morgan fingerprint density at radius 1 is 0.970 bits per heavy atom. The number of benzene rings is 3. The Bertz CT molecular complexity index is 1060. The molecule has 1 saturated heterocycles. The summed E-state index contributed by atoms with van der Waals surface area (Å²) in [7, 11) is 0. The van der Waals surface area contributed by atoms with Gasteiger partial charge in [0.05, 0.1) is 18.8 Å². The van der Waals surface area contributed by atoms with Crippen molar-refractivity contribution in [2.45, 2.75) is 43.8 Å². The summed E-state index contributed by atoms with van der Waals surface area (Å²) in [5.74, 6) is 0.794. The lowest BCUT2D eigenvalue weighted by molar-refractivity contribution is -0.268. The van der Waals surface area contributed by atoms with Crippen LogP contribution < -0.4 is 5.32 Å². The molecule has 4 atom stereocenters. The Morgan fingerprint density at radius 3 is 2.42 bits per heavy atom. The first-order valence-corrected chi connectivity index (χ1v) is 12.1. The number of amides is 1. The molecule has 0 unspecified atom stereocenters. The topological polar surface area (TPSA) is 67.8 Å². The van der Waals surface area contributed by atoms with E-state index in [4.69, 9.17) is 9.47 Å². The van der Waals surface area contributed by atoms with Crippen molar-refractivity contribution in [2.75, 3.05) is 11.1 Å². The second-order valence-corrected chi connectivity index (χ2v) is 9.35. The Kier molecular flexibility index (Phi) is 7.83. The Labute approximate surface area is 199 Å². The first kappa shape index (κ1) is 23.5. The highest BCUT2D eigenvalue weighted by atomic mass is 32.2. The van der Waals surface area contributed by atoms with E-state index in [1.54, 1.807) is 11.8 Å². The highest BCUT2D eigenvalue weighted by Crippen LogP contribution is 2.43. The van der Waals surface area contributed by atoms with Gasteiger partial charge in [0.15, 0.2) is 6.29 Å². The minimum atomic E-state index is -0.557. The van der Waals surface area contributed by atoms with Crippen LogP contribution in [0.15, 0.2) is 83.8 Å². The molecule has 1 fully saturated rings. The number of ether oxygens (including phenoxy) is 2. The van der Waals surface area contributed by atoms with E-state index in [0.717, 1.165) is 22.4 Å². The summed E-state index contributed by atoms with van der Waals surface area (Å²) in [6.07, 6.45) is -0.762. The maximum Gasteiger partial charge on any atom is 0.221 e. The van der Waals surface area contributed by atoms with E-state index in [1.165, 1.54) is 11.8 Å². The first-order valence-electron chi connectivity index (χ1n) is 11.1. The molecule has 1 aliphatic rings. The van der Waals surface area contributed by atoms with Crippen molar-refractivity contribution < 1.29 is 19.4 Å². The number of hydrogen-bond acceptors (Lipinski definition) is 5. The van der Waals surface area contributed by atoms with Gasteiger partial charge in [-0.1, -0.05) is 61.5 Å². The minimum absolute atomic E-state index is 0.0133. The van der Waals surface area contributed by atoms with Crippen molar-refractivity contribution in [1.29, 1.82) is 0 Å². The number of rotatable bonds is 7. The van der Waals surface area contributed by atoms with Crippen LogP contribution in [0, 0.1) is 5.92 Å². The van der Waals surface area contributed by atoms with Crippen LogP contribution in [0.1, 0.15) is 42.9 Å². The van der Waals surface area contributed by atoms with Crippen LogP contribution in [0.5, 0.6) is 0 Å². The van der Waals surface area contributed by atoms with Gasteiger partial charge in [0.2, 0.25) is 5.91 Å². The van der Waals surface area contributed by atoms with Gasteiger partial charge < -0.3 is 19.9 Å². The zero-order valence-corrected chi connectivity index (χ0v) is 19.6. The maximum atomic E-state index is 11.5. The Balaban J connectivity index is 1.60. The van der Waals surface area contributed by atoms with E-state index in [-0.39, 0.29) is 30.6 Å². The summed E-state index contributed by atoms with van der Waals surface area (Å²) in [5.41, 5.74) is 3.50. The molecule has 172 valence electrons. The molecular formula is C27H29NO4S. The molecule has 3 aromatic rings. The lowest BCUT2D eigenvalue weighted by atomic mass is 9.91. The van der Waals surface area contributed by atoms with Crippen molar-refractivity contribution in [1.82, 2.24) is 0 Å². The van der Waals surface area contributed by atoms with E-state index in [0.29, 0.717) is 5.69 Å². The van der Waals surface area contributed by atoms with Crippen LogP contribution in [0.3, 0.4) is 0 Å². The van der Waals surface area contributed by atoms with Gasteiger partial charge >= 0.3 is 0 Å². The van der Waals surface area contributed by atoms with Gasteiger partial charge in [-0.25, -0.2) is 0 Å². The van der Waals surface area contributed by atoms with Crippen molar-refractivity contribution in [3.8, 4) is 0 Å². The van der Waals surface area contributed by atoms with E-state index in [2.05, 4.69) is 24.4 Å². The van der Waals surface area contributed by atoms with Crippen molar-refractivity contribution in [2.24, 2.45) is 5.92 Å². The molecule has 0 aromatic heterocycles. The number of aliphatic hydroxyl groups excluding tert-OH is 1. The standard InChI is InChI=1S/C27H29NO4S/c1-18-25(17-33-24-9-4-3-5-10-24)31-27(22-7-6-8-23(15-22)28-19(2)30)32-26(18)21-13-11-20(16-29)12-14-21/h3-15,18,25-27,29H,16-17H2,1-2H3,(H,28,30)/t18-,25+,26+,27+/m1/s1. The van der Waals surface area contributed by atoms with Gasteiger partial charge in [-0.05, 0) is 35.4 Å². The predicted octanol–water partition coefficient (Wildman–Crippen LogP) is 5.72. The molecule has 5 nitrogen and oxygen atoms in total. The third kappa shape index (κ3) is 6.03. The average molecular weight is 464 g/mol. The van der Waals surface area contributed by atoms with E-state index >= 15 is 0 Å². The summed E-state index contributed by atoms with van der Waals surface area (Å²) < 4.78 is 12.9. The Hall–Kier alpha value is -2.64. The number of nitrogens with one attached hydrogen (secondary N) is 1. The lowest BCUT2D eigenvalue weighted by Gasteiger charge is -2.41. The minimum Gasteiger partial charge on any atom is -0.392 e. The molecule has 0 spiro atoms. The fourth-order valence-electron chi connectivity index (χ4n) is 3.97. The first-order chi connectivity index (χ1) is 16.0. The number of carbonyl (C=O) groups is 1. The highest BCUT2D eigenvalue weighted by molar-refractivity contribution is 7.99. The van der Waals surface area contributed by atoms with Gasteiger partial charge in [0.25, 0.3) is 0 Å². The summed E-state index contributed by atoms with van der Waals surface area (Å²) >= 11 is 1.77. The average Bonchev–Trinajstić information content (AvgIpc) is 2.84. The number of aliphatic hydroxyl groups is 1. The number of thioether (sulfide) groups is 1. The van der Waals surface area contributed by atoms with E-state index in [9.17, 15) is 9.90 Å². The monoisotopic (exact) mass is 463 g/mol. The maximum absolute atomic E-state index is 11.5.